The highest BCUT2D eigenvalue weighted by atomic mass is 16.3. The molecule has 6 nitrogen and oxygen atoms in total. The van der Waals surface area contributed by atoms with Crippen molar-refractivity contribution in [3.63, 3.8) is 0 Å². The van der Waals surface area contributed by atoms with Crippen LogP contribution in [0.2, 0.25) is 0 Å². The van der Waals surface area contributed by atoms with E-state index in [0.717, 1.165) is 22.0 Å². The van der Waals surface area contributed by atoms with Crippen molar-refractivity contribution < 1.29 is 9.90 Å². The van der Waals surface area contributed by atoms with Crippen LogP contribution >= 0.6 is 0 Å². The third-order valence-corrected chi connectivity index (χ3v) is 5.85. The predicted octanol–water partition coefficient (Wildman–Crippen LogP) is 2.96. The fraction of sp³-hybridized carbons (Fsp3) is 0.429. The van der Waals surface area contributed by atoms with Gasteiger partial charge in [0.1, 0.15) is 5.69 Å². The third kappa shape index (κ3) is 3.14. The van der Waals surface area contributed by atoms with E-state index >= 15 is 0 Å². The zero-order chi connectivity index (χ0) is 19.2. The molecule has 1 fully saturated rings. The largest absolute Gasteiger partial charge is 0.388 e. The molecule has 2 aromatic heterocycles. The molecule has 3 heterocycles. The first-order valence-corrected chi connectivity index (χ1v) is 9.44. The van der Waals surface area contributed by atoms with Crippen LogP contribution in [0.5, 0.6) is 0 Å². The molecular weight excluding hydrogens is 340 g/mol. The molecule has 4 rings (SSSR count). The minimum absolute atomic E-state index is 0.0205. The molecule has 3 aromatic rings. The molecule has 2 N–H and O–H groups in total. The molecule has 27 heavy (non-hydrogen) atoms. The lowest BCUT2D eigenvalue weighted by atomic mass is 9.91. The maximum absolute atomic E-state index is 13.1. The second-order valence-electron chi connectivity index (χ2n) is 7.83. The Bertz CT molecular complexity index is 979. The summed E-state index contributed by atoms with van der Waals surface area (Å²) in [6, 6.07) is 4.18. The fourth-order valence-electron chi connectivity index (χ4n) is 4.18. The number of hydrogen-bond donors (Lipinski definition) is 2. The second kappa shape index (κ2) is 6.53. The number of aromatic nitrogens is 3. The Hall–Kier alpha value is -2.60. The Labute approximate surface area is 158 Å². The molecule has 0 aliphatic carbocycles. The molecule has 0 unspecified atom stereocenters. The number of aromatic amines is 1. The van der Waals surface area contributed by atoms with Crippen molar-refractivity contribution in [1.82, 2.24) is 19.4 Å². The van der Waals surface area contributed by atoms with Crippen molar-refractivity contribution in [3.8, 4) is 0 Å². The van der Waals surface area contributed by atoms with Gasteiger partial charge in [-0.2, -0.15) is 0 Å². The van der Waals surface area contributed by atoms with Gasteiger partial charge >= 0.3 is 0 Å². The van der Waals surface area contributed by atoms with E-state index in [-0.39, 0.29) is 5.91 Å². The van der Waals surface area contributed by atoms with Crippen LogP contribution in [0, 0.1) is 20.8 Å². The highest BCUT2D eigenvalue weighted by Crippen LogP contribution is 2.30. The first-order valence-electron chi connectivity index (χ1n) is 9.44. The number of aryl methyl sites for hydroxylation is 3. The van der Waals surface area contributed by atoms with Gasteiger partial charge < -0.3 is 19.6 Å². The second-order valence-corrected chi connectivity index (χ2v) is 7.83. The summed E-state index contributed by atoms with van der Waals surface area (Å²) >= 11 is 0. The molecule has 0 bridgehead atoms. The van der Waals surface area contributed by atoms with E-state index in [1.165, 1.54) is 5.56 Å². The van der Waals surface area contributed by atoms with Gasteiger partial charge in [0.15, 0.2) is 0 Å². The molecule has 0 radical (unpaired) electrons. The number of piperidine rings is 1. The Balaban J connectivity index is 1.53. The van der Waals surface area contributed by atoms with Crippen LogP contribution in [-0.2, 0) is 6.54 Å². The molecular formula is C21H26N4O2. The van der Waals surface area contributed by atoms with E-state index in [1.54, 1.807) is 12.5 Å². The summed E-state index contributed by atoms with van der Waals surface area (Å²) in [6.45, 7) is 7.77. The summed E-state index contributed by atoms with van der Waals surface area (Å²) < 4.78 is 1.89. The summed E-state index contributed by atoms with van der Waals surface area (Å²) in [6.07, 6.45) is 6.41. The standard InChI is InChI=1S/C21H26N4O2/c1-14-4-5-15(2)18-17(14)16(3)19(23-18)20(26)25-9-6-21(27,7-10-25)12-24-11-8-22-13-24/h4-5,8,11,13,23,27H,6-7,9-10,12H2,1-3H3. The number of H-pyrrole nitrogens is 1. The number of nitrogens with zero attached hydrogens (tertiary/aromatic N) is 3. The highest BCUT2D eigenvalue weighted by molar-refractivity contribution is 6.02. The number of rotatable bonds is 3. The molecule has 0 spiro atoms. The number of nitrogens with one attached hydrogen (secondary N) is 1. The molecule has 1 aromatic carbocycles. The zero-order valence-electron chi connectivity index (χ0n) is 16.1. The minimum Gasteiger partial charge on any atom is -0.388 e. The normalized spacial score (nSPS) is 16.8. The van der Waals surface area contributed by atoms with Crippen molar-refractivity contribution in [2.24, 2.45) is 0 Å². The van der Waals surface area contributed by atoms with Crippen molar-refractivity contribution in [3.05, 3.63) is 53.2 Å². The van der Waals surface area contributed by atoms with Gasteiger partial charge in [-0.3, -0.25) is 4.79 Å². The zero-order valence-corrected chi connectivity index (χ0v) is 16.1. The predicted molar refractivity (Wildman–Crippen MR) is 105 cm³/mol. The van der Waals surface area contributed by atoms with E-state index in [2.05, 4.69) is 35.9 Å². The number of carbonyl (C=O) groups is 1. The first kappa shape index (κ1) is 17.8. The maximum atomic E-state index is 13.1. The van der Waals surface area contributed by atoms with Crippen LogP contribution in [-0.4, -0.2) is 49.1 Å². The topological polar surface area (TPSA) is 74.2 Å². The smallest absolute Gasteiger partial charge is 0.270 e. The highest BCUT2D eigenvalue weighted by Gasteiger charge is 2.35. The third-order valence-electron chi connectivity index (χ3n) is 5.85. The van der Waals surface area contributed by atoms with Crippen molar-refractivity contribution >= 4 is 16.8 Å². The molecule has 1 saturated heterocycles. The molecule has 1 aliphatic heterocycles. The SMILES string of the molecule is Cc1ccc(C)c2c(C)c(C(=O)N3CCC(O)(Cn4ccnc4)CC3)[nH]c12. The van der Waals surface area contributed by atoms with Gasteiger partial charge in [-0.25, -0.2) is 4.98 Å². The Kier molecular flexibility index (Phi) is 4.30. The number of hydrogen-bond acceptors (Lipinski definition) is 3. The van der Waals surface area contributed by atoms with E-state index in [0.29, 0.717) is 38.2 Å². The van der Waals surface area contributed by atoms with Gasteiger partial charge in [-0.05, 0) is 50.3 Å². The van der Waals surface area contributed by atoms with Gasteiger partial charge in [-0.15, -0.1) is 0 Å². The lowest BCUT2D eigenvalue weighted by Gasteiger charge is -2.38. The minimum atomic E-state index is -0.792. The Morgan fingerprint density at radius 1 is 1.22 bits per heavy atom. The summed E-state index contributed by atoms with van der Waals surface area (Å²) in [7, 11) is 0. The number of fused-ring (bicyclic) bond motifs is 1. The number of aliphatic hydroxyl groups is 1. The van der Waals surface area contributed by atoms with Crippen LogP contribution in [0.1, 0.15) is 40.0 Å². The van der Waals surface area contributed by atoms with Crippen LogP contribution in [0.25, 0.3) is 10.9 Å². The van der Waals surface area contributed by atoms with Gasteiger partial charge in [-0.1, -0.05) is 12.1 Å². The van der Waals surface area contributed by atoms with E-state index < -0.39 is 5.60 Å². The van der Waals surface area contributed by atoms with Gasteiger partial charge in [0, 0.05) is 36.4 Å². The lowest BCUT2D eigenvalue weighted by molar-refractivity contribution is -0.0293. The summed E-state index contributed by atoms with van der Waals surface area (Å²) in [5, 5.41) is 12.0. The molecule has 142 valence electrons. The number of amides is 1. The van der Waals surface area contributed by atoms with Crippen molar-refractivity contribution in [2.75, 3.05) is 13.1 Å². The molecule has 6 heteroatoms. The van der Waals surface area contributed by atoms with Crippen LogP contribution in [0.15, 0.2) is 30.9 Å². The molecule has 1 amide bonds. The number of benzene rings is 1. The van der Waals surface area contributed by atoms with Crippen molar-refractivity contribution in [1.29, 1.82) is 0 Å². The molecule has 0 saturated carbocycles. The van der Waals surface area contributed by atoms with E-state index in [9.17, 15) is 9.90 Å². The fourth-order valence-corrected chi connectivity index (χ4v) is 4.18. The number of carbonyl (C=O) groups excluding carboxylic acids is 1. The van der Waals surface area contributed by atoms with Crippen LogP contribution in [0.4, 0.5) is 0 Å². The summed E-state index contributed by atoms with van der Waals surface area (Å²) in [5.41, 5.74) is 4.25. The number of likely N-dealkylation sites (tertiary alicyclic amines) is 1. The van der Waals surface area contributed by atoms with Crippen LogP contribution in [0.3, 0.4) is 0 Å². The maximum Gasteiger partial charge on any atom is 0.270 e. The van der Waals surface area contributed by atoms with Gasteiger partial charge in [0.05, 0.1) is 18.5 Å². The quantitative estimate of drug-likeness (QED) is 0.748. The van der Waals surface area contributed by atoms with Crippen molar-refractivity contribution in [2.45, 2.75) is 45.8 Å². The monoisotopic (exact) mass is 366 g/mol. The van der Waals surface area contributed by atoms with Gasteiger partial charge in [0.2, 0.25) is 0 Å². The summed E-state index contributed by atoms with van der Waals surface area (Å²) in [4.78, 5) is 22.4. The average molecular weight is 366 g/mol. The first-order chi connectivity index (χ1) is 12.9. The molecule has 0 atom stereocenters. The summed E-state index contributed by atoms with van der Waals surface area (Å²) in [5.74, 6) is 0.0205. The van der Waals surface area contributed by atoms with Crippen LogP contribution < -0.4 is 0 Å². The van der Waals surface area contributed by atoms with E-state index in [1.807, 2.05) is 22.6 Å². The Morgan fingerprint density at radius 3 is 2.56 bits per heavy atom. The van der Waals surface area contributed by atoms with E-state index in [4.69, 9.17) is 0 Å². The van der Waals surface area contributed by atoms with Gasteiger partial charge in [0.25, 0.3) is 5.91 Å². The lowest BCUT2D eigenvalue weighted by Crippen LogP contribution is -2.48. The number of imidazole rings is 1. The average Bonchev–Trinajstić information content (AvgIpc) is 3.26. The Morgan fingerprint density at radius 2 is 1.93 bits per heavy atom. The molecule has 1 aliphatic rings.